The maximum absolute atomic E-state index is 13.0. The van der Waals surface area contributed by atoms with Crippen LogP contribution in [0.5, 0.6) is 5.75 Å². The van der Waals surface area contributed by atoms with Crippen LogP contribution in [-0.2, 0) is 17.9 Å². The zero-order valence-electron chi connectivity index (χ0n) is 16.2. The van der Waals surface area contributed by atoms with Gasteiger partial charge in [0.05, 0.1) is 7.14 Å². The maximum Gasteiger partial charge on any atom is 0.262 e. The highest BCUT2D eigenvalue weighted by atomic mass is 127. The third-order valence-corrected chi connectivity index (χ3v) is 5.89. The SMILES string of the molecule is N#C/C(=C/c1cc(I)c(OCc2ccc(F)cc2)c(I)c1)C(=O)NCc1ccccc1. The van der Waals surface area contributed by atoms with Crippen LogP contribution in [0.2, 0.25) is 0 Å². The third kappa shape index (κ3) is 6.77. The molecule has 0 unspecified atom stereocenters. The van der Waals surface area contributed by atoms with Crippen molar-refractivity contribution in [3.05, 3.63) is 102 Å². The number of nitrogens with zero attached hydrogens (tertiary/aromatic N) is 1. The smallest absolute Gasteiger partial charge is 0.262 e. The van der Waals surface area contributed by atoms with E-state index in [1.165, 1.54) is 12.1 Å². The van der Waals surface area contributed by atoms with E-state index < -0.39 is 5.91 Å². The molecule has 0 aliphatic carbocycles. The molecule has 0 aliphatic heterocycles. The largest absolute Gasteiger partial charge is 0.487 e. The van der Waals surface area contributed by atoms with Crippen molar-refractivity contribution in [3.63, 3.8) is 0 Å². The molecule has 0 aromatic heterocycles. The molecule has 0 radical (unpaired) electrons. The van der Waals surface area contributed by atoms with Crippen LogP contribution >= 0.6 is 45.2 Å². The Morgan fingerprint density at radius 1 is 1.03 bits per heavy atom. The summed E-state index contributed by atoms with van der Waals surface area (Å²) in [5.41, 5.74) is 2.58. The number of carbonyl (C=O) groups excluding carboxylic acids is 1. The van der Waals surface area contributed by atoms with Crippen molar-refractivity contribution < 1.29 is 13.9 Å². The molecule has 3 aromatic rings. The summed E-state index contributed by atoms with van der Waals surface area (Å²) >= 11 is 4.32. The fourth-order valence-corrected chi connectivity index (χ4v) is 4.85. The van der Waals surface area contributed by atoms with Gasteiger partial charge in [0.1, 0.15) is 29.8 Å². The molecule has 0 saturated carbocycles. The summed E-state index contributed by atoms with van der Waals surface area (Å²) in [6.45, 7) is 0.663. The van der Waals surface area contributed by atoms with E-state index in [1.807, 2.05) is 48.5 Å². The van der Waals surface area contributed by atoms with Crippen LogP contribution in [0.25, 0.3) is 6.08 Å². The summed E-state index contributed by atoms with van der Waals surface area (Å²) in [4.78, 5) is 12.4. The lowest BCUT2D eigenvalue weighted by atomic mass is 10.1. The highest BCUT2D eigenvalue weighted by Gasteiger charge is 2.12. The molecule has 1 N–H and O–H groups in total. The number of nitriles is 1. The van der Waals surface area contributed by atoms with E-state index in [4.69, 9.17) is 4.74 Å². The summed E-state index contributed by atoms with van der Waals surface area (Å²) < 4.78 is 20.7. The van der Waals surface area contributed by atoms with Gasteiger partial charge in [0.15, 0.2) is 0 Å². The van der Waals surface area contributed by atoms with Crippen molar-refractivity contribution >= 4 is 57.2 Å². The average Bonchev–Trinajstić information content (AvgIpc) is 2.77. The van der Waals surface area contributed by atoms with Crippen molar-refractivity contribution in [1.82, 2.24) is 5.32 Å². The number of rotatable bonds is 7. The molecule has 0 heterocycles. The molecule has 31 heavy (non-hydrogen) atoms. The summed E-state index contributed by atoms with van der Waals surface area (Å²) in [7, 11) is 0. The first kappa shape index (κ1) is 23.2. The number of hydrogen-bond acceptors (Lipinski definition) is 3. The molecule has 0 atom stereocenters. The highest BCUT2D eigenvalue weighted by Crippen LogP contribution is 2.30. The number of carbonyl (C=O) groups is 1. The molecule has 0 spiro atoms. The van der Waals surface area contributed by atoms with Crippen molar-refractivity contribution in [2.24, 2.45) is 0 Å². The average molecular weight is 638 g/mol. The van der Waals surface area contributed by atoms with Gasteiger partial charge in [0.2, 0.25) is 0 Å². The van der Waals surface area contributed by atoms with Gasteiger partial charge in [-0.15, -0.1) is 0 Å². The molecule has 0 bridgehead atoms. The number of halogens is 3. The number of ether oxygens (including phenoxy) is 1. The van der Waals surface area contributed by atoms with Crippen molar-refractivity contribution in [1.29, 1.82) is 5.26 Å². The molecule has 3 aromatic carbocycles. The van der Waals surface area contributed by atoms with Gasteiger partial charge in [-0.1, -0.05) is 42.5 Å². The molecular formula is C24H17FI2N2O2. The Kier molecular flexibility index (Phi) is 8.43. The van der Waals surface area contributed by atoms with Crippen LogP contribution in [0.15, 0.2) is 72.3 Å². The summed E-state index contributed by atoms with van der Waals surface area (Å²) in [5.74, 6) is -0.00660. The number of benzene rings is 3. The first-order valence-corrected chi connectivity index (χ1v) is 11.4. The van der Waals surface area contributed by atoms with Gasteiger partial charge in [0.25, 0.3) is 5.91 Å². The van der Waals surface area contributed by atoms with Crippen LogP contribution in [0, 0.1) is 24.3 Å². The molecule has 7 heteroatoms. The quantitative estimate of drug-likeness (QED) is 0.201. The molecule has 4 nitrogen and oxygen atoms in total. The molecule has 1 amide bonds. The van der Waals surface area contributed by atoms with Gasteiger partial charge in [0, 0.05) is 6.54 Å². The fourth-order valence-electron chi connectivity index (χ4n) is 2.73. The van der Waals surface area contributed by atoms with E-state index >= 15 is 0 Å². The first-order chi connectivity index (χ1) is 15.0. The lowest BCUT2D eigenvalue weighted by molar-refractivity contribution is -0.117. The molecule has 0 fully saturated rings. The van der Waals surface area contributed by atoms with Gasteiger partial charge in [-0.25, -0.2) is 4.39 Å². The summed E-state index contributed by atoms with van der Waals surface area (Å²) in [6.07, 6.45) is 1.56. The van der Waals surface area contributed by atoms with Crippen LogP contribution in [0.3, 0.4) is 0 Å². The van der Waals surface area contributed by atoms with Gasteiger partial charge < -0.3 is 10.1 Å². The predicted molar refractivity (Wildman–Crippen MR) is 134 cm³/mol. The molecule has 3 rings (SSSR count). The van der Waals surface area contributed by atoms with Crippen LogP contribution in [0.4, 0.5) is 4.39 Å². The lowest BCUT2D eigenvalue weighted by Gasteiger charge is -2.12. The number of hydrogen-bond donors (Lipinski definition) is 1. The Balaban J connectivity index is 1.71. The Hall–Kier alpha value is -2.45. The maximum atomic E-state index is 13.0. The van der Waals surface area contributed by atoms with E-state index in [9.17, 15) is 14.4 Å². The van der Waals surface area contributed by atoms with Gasteiger partial charge in [-0.05, 0) is 92.2 Å². The standard InChI is InChI=1S/C24H17FI2N2O2/c25-20-8-6-17(7-9-20)15-31-23-21(26)11-18(12-22(23)27)10-19(13-28)24(30)29-14-16-4-2-1-3-5-16/h1-12H,14-15H2,(H,29,30)/b19-10-. The van der Waals surface area contributed by atoms with Gasteiger partial charge >= 0.3 is 0 Å². The van der Waals surface area contributed by atoms with E-state index in [-0.39, 0.29) is 11.4 Å². The second kappa shape index (κ2) is 11.2. The van der Waals surface area contributed by atoms with Crippen LogP contribution in [0.1, 0.15) is 16.7 Å². The van der Waals surface area contributed by atoms with Gasteiger partial charge in [-0.3, -0.25) is 4.79 Å². The Morgan fingerprint density at radius 3 is 2.29 bits per heavy atom. The molecular weight excluding hydrogens is 621 g/mol. The van der Waals surface area contributed by atoms with Crippen molar-refractivity contribution in [2.75, 3.05) is 0 Å². The minimum absolute atomic E-state index is 0.0301. The second-order valence-corrected chi connectivity index (χ2v) is 8.89. The third-order valence-electron chi connectivity index (χ3n) is 4.29. The Labute approximate surface area is 207 Å². The van der Waals surface area contributed by atoms with Crippen molar-refractivity contribution in [3.8, 4) is 11.8 Å². The molecule has 0 saturated heterocycles. The zero-order valence-corrected chi connectivity index (χ0v) is 20.6. The molecule has 0 aliphatic rings. The molecule has 156 valence electrons. The number of nitrogens with one attached hydrogen (secondary N) is 1. The lowest BCUT2D eigenvalue weighted by Crippen LogP contribution is -2.23. The zero-order chi connectivity index (χ0) is 22.2. The fraction of sp³-hybridized carbons (Fsp3) is 0.0833. The Bertz CT molecular complexity index is 1120. The summed E-state index contributed by atoms with van der Waals surface area (Å²) in [6, 6.07) is 21.3. The van der Waals surface area contributed by atoms with Crippen molar-refractivity contribution in [2.45, 2.75) is 13.2 Å². The Morgan fingerprint density at radius 2 is 1.68 bits per heavy atom. The van der Waals surface area contributed by atoms with E-state index in [0.717, 1.165) is 23.8 Å². The normalized spacial score (nSPS) is 11.0. The minimum atomic E-state index is -0.423. The van der Waals surface area contributed by atoms with Gasteiger partial charge in [-0.2, -0.15) is 5.26 Å². The van der Waals surface area contributed by atoms with E-state index in [0.29, 0.717) is 18.9 Å². The minimum Gasteiger partial charge on any atom is -0.487 e. The van der Waals surface area contributed by atoms with E-state index in [1.54, 1.807) is 18.2 Å². The topological polar surface area (TPSA) is 62.1 Å². The number of amides is 1. The summed E-state index contributed by atoms with van der Waals surface area (Å²) in [5, 5.41) is 12.2. The van der Waals surface area contributed by atoms with Crippen LogP contribution in [-0.4, -0.2) is 5.91 Å². The monoisotopic (exact) mass is 638 g/mol. The highest BCUT2D eigenvalue weighted by molar-refractivity contribution is 14.1. The van der Waals surface area contributed by atoms with Crippen LogP contribution < -0.4 is 10.1 Å². The first-order valence-electron chi connectivity index (χ1n) is 9.26. The second-order valence-electron chi connectivity index (χ2n) is 6.57. The van der Waals surface area contributed by atoms with E-state index in [2.05, 4.69) is 50.5 Å². The predicted octanol–water partition coefficient (Wildman–Crippen LogP) is 5.84.